The second-order valence-electron chi connectivity index (χ2n) is 3.03. The van der Waals surface area contributed by atoms with Crippen LogP contribution in [0, 0.1) is 0 Å². The molecule has 0 fully saturated rings. The van der Waals surface area contributed by atoms with Crippen LogP contribution in [0.2, 0.25) is 0 Å². The third-order valence-corrected chi connectivity index (χ3v) is 1.84. The second kappa shape index (κ2) is 5.50. The molecule has 0 amide bonds. The maximum atomic E-state index is 4.09. The molecule has 0 aliphatic carbocycles. The maximum Gasteiger partial charge on any atom is 0.0831 e. The molecule has 4 heteroatoms. The van der Waals surface area contributed by atoms with Gasteiger partial charge in [0.1, 0.15) is 0 Å². The average Bonchev–Trinajstić information content (AvgIpc) is 2.37. The molecule has 0 radical (unpaired) electrons. The summed E-state index contributed by atoms with van der Waals surface area (Å²) in [6, 6.07) is 9.38. The van der Waals surface area contributed by atoms with Crippen LogP contribution in [0.25, 0.3) is 0 Å². The number of rotatable bonds is 3. The van der Waals surface area contributed by atoms with Crippen LogP contribution >= 0.6 is 0 Å². The van der Waals surface area contributed by atoms with E-state index in [1.54, 1.807) is 31.0 Å². The maximum absolute atomic E-state index is 4.09. The Morgan fingerprint density at radius 2 is 1.88 bits per heavy atom. The van der Waals surface area contributed by atoms with Crippen molar-refractivity contribution in [1.82, 2.24) is 9.97 Å². The Morgan fingerprint density at radius 1 is 0.938 bits per heavy atom. The zero-order valence-corrected chi connectivity index (χ0v) is 8.56. The Kier molecular flexibility index (Phi) is 3.50. The molecule has 2 rings (SSSR count). The Bertz CT molecular complexity index is 429. The van der Waals surface area contributed by atoms with Crippen LogP contribution in [-0.4, -0.2) is 22.4 Å². The molecule has 0 N–H and O–H groups in total. The molecule has 0 saturated heterocycles. The quantitative estimate of drug-likeness (QED) is 0.574. The normalized spacial score (nSPS) is 11.2. The predicted molar refractivity (Wildman–Crippen MR) is 63.7 cm³/mol. The highest BCUT2D eigenvalue weighted by molar-refractivity contribution is 5.81. The van der Waals surface area contributed by atoms with E-state index in [1.807, 2.05) is 30.3 Å². The molecule has 4 nitrogen and oxygen atoms in total. The number of pyridine rings is 2. The van der Waals surface area contributed by atoms with Crippen LogP contribution in [0.15, 0.2) is 59.1 Å². The smallest absolute Gasteiger partial charge is 0.0831 e. The molecule has 0 unspecified atom stereocenters. The highest BCUT2D eigenvalue weighted by Crippen LogP contribution is 1.92. The fourth-order valence-corrected chi connectivity index (χ4v) is 1.10. The lowest BCUT2D eigenvalue weighted by Crippen LogP contribution is -1.84. The van der Waals surface area contributed by atoms with Gasteiger partial charge in [-0.05, 0) is 18.2 Å². The van der Waals surface area contributed by atoms with Gasteiger partial charge in [-0.1, -0.05) is 12.1 Å². The lowest BCUT2D eigenvalue weighted by Gasteiger charge is -1.88. The molecular weight excluding hydrogens is 200 g/mol. The average molecular weight is 210 g/mol. The molecule has 2 heterocycles. The Morgan fingerprint density at radius 3 is 2.62 bits per heavy atom. The van der Waals surface area contributed by atoms with Gasteiger partial charge in [0.15, 0.2) is 0 Å². The number of aromatic nitrogens is 2. The van der Waals surface area contributed by atoms with Gasteiger partial charge in [0, 0.05) is 24.2 Å². The van der Waals surface area contributed by atoms with Gasteiger partial charge in [-0.3, -0.25) is 9.97 Å². The van der Waals surface area contributed by atoms with Crippen LogP contribution in [-0.2, 0) is 0 Å². The Hall–Kier alpha value is -2.36. The predicted octanol–water partition coefficient (Wildman–Crippen LogP) is 1.93. The second-order valence-corrected chi connectivity index (χ2v) is 3.03. The van der Waals surface area contributed by atoms with E-state index >= 15 is 0 Å². The first kappa shape index (κ1) is 10.2. The Labute approximate surface area is 93.4 Å². The molecule has 2 aromatic heterocycles. The first-order chi connectivity index (χ1) is 7.95. The summed E-state index contributed by atoms with van der Waals surface area (Å²) in [5.41, 5.74) is 1.70. The minimum absolute atomic E-state index is 0.783. The van der Waals surface area contributed by atoms with E-state index in [1.165, 1.54) is 0 Å². The molecule has 16 heavy (non-hydrogen) atoms. The molecule has 2 aromatic rings. The van der Waals surface area contributed by atoms with Gasteiger partial charge in [-0.15, -0.1) is 0 Å². The highest BCUT2D eigenvalue weighted by atomic mass is 15.2. The third-order valence-electron chi connectivity index (χ3n) is 1.84. The van der Waals surface area contributed by atoms with Gasteiger partial charge in [0.05, 0.1) is 18.1 Å². The fourth-order valence-electron chi connectivity index (χ4n) is 1.10. The van der Waals surface area contributed by atoms with Crippen molar-refractivity contribution in [2.45, 2.75) is 0 Å². The summed E-state index contributed by atoms with van der Waals surface area (Å²) in [6.07, 6.45) is 8.40. The molecule has 78 valence electrons. The molecule has 0 spiro atoms. The summed E-state index contributed by atoms with van der Waals surface area (Å²) in [5.74, 6) is 0. The van der Waals surface area contributed by atoms with Crippen molar-refractivity contribution in [2.24, 2.45) is 10.2 Å². The van der Waals surface area contributed by atoms with E-state index < -0.39 is 0 Å². The van der Waals surface area contributed by atoms with E-state index in [2.05, 4.69) is 20.2 Å². The summed E-state index contributed by atoms with van der Waals surface area (Å²) >= 11 is 0. The molecule has 0 bridgehead atoms. The minimum atomic E-state index is 0.783. The summed E-state index contributed by atoms with van der Waals surface area (Å²) in [6.45, 7) is 0. The SMILES string of the molecule is C(=N/N=C\c1ccccn1)/c1cccnc1. The first-order valence-corrected chi connectivity index (χ1v) is 4.82. The van der Waals surface area contributed by atoms with Crippen molar-refractivity contribution >= 4 is 12.4 Å². The highest BCUT2D eigenvalue weighted by Gasteiger charge is 1.84. The van der Waals surface area contributed by atoms with Crippen molar-refractivity contribution < 1.29 is 0 Å². The van der Waals surface area contributed by atoms with Gasteiger partial charge < -0.3 is 0 Å². The summed E-state index contributed by atoms with van der Waals surface area (Å²) in [5, 5.41) is 7.79. The monoisotopic (exact) mass is 210 g/mol. The van der Waals surface area contributed by atoms with Crippen molar-refractivity contribution in [3.8, 4) is 0 Å². The molecule has 0 aromatic carbocycles. The van der Waals surface area contributed by atoms with E-state index in [0.29, 0.717) is 0 Å². The van der Waals surface area contributed by atoms with Gasteiger partial charge in [-0.2, -0.15) is 10.2 Å². The lowest BCUT2D eigenvalue weighted by molar-refractivity contribution is 1.23. The topological polar surface area (TPSA) is 50.5 Å². The van der Waals surface area contributed by atoms with Crippen LogP contribution in [0.4, 0.5) is 0 Å². The van der Waals surface area contributed by atoms with Crippen LogP contribution < -0.4 is 0 Å². The van der Waals surface area contributed by atoms with Gasteiger partial charge in [0.25, 0.3) is 0 Å². The van der Waals surface area contributed by atoms with Crippen LogP contribution in [0.1, 0.15) is 11.3 Å². The number of hydrogen-bond donors (Lipinski definition) is 0. The molecular formula is C12H10N4. The third kappa shape index (κ3) is 3.09. The summed E-state index contributed by atoms with van der Waals surface area (Å²) < 4.78 is 0. The number of hydrogen-bond acceptors (Lipinski definition) is 4. The van der Waals surface area contributed by atoms with Crippen LogP contribution in [0.3, 0.4) is 0 Å². The van der Waals surface area contributed by atoms with E-state index in [9.17, 15) is 0 Å². The minimum Gasteiger partial charge on any atom is -0.264 e. The molecule has 0 aliphatic rings. The van der Waals surface area contributed by atoms with E-state index in [0.717, 1.165) is 11.3 Å². The standard InChI is InChI=1S/C12H10N4/c1-2-7-14-12(5-1)10-16-15-9-11-4-3-6-13-8-11/h1-10H/b15-9-,16-10-. The van der Waals surface area contributed by atoms with E-state index in [4.69, 9.17) is 0 Å². The largest absolute Gasteiger partial charge is 0.264 e. The van der Waals surface area contributed by atoms with Crippen molar-refractivity contribution in [2.75, 3.05) is 0 Å². The zero-order valence-electron chi connectivity index (χ0n) is 8.56. The van der Waals surface area contributed by atoms with Crippen molar-refractivity contribution in [3.63, 3.8) is 0 Å². The first-order valence-electron chi connectivity index (χ1n) is 4.82. The number of nitrogens with zero attached hydrogens (tertiary/aromatic N) is 4. The van der Waals surface area contributed by atoms with Crippen molar-refractivity contribution in [1.29, 1.82) is 0 Å². The van der Waals surface area contributed by atoms with Gasteiger partial charge >= 0.3 is 0 Å². The van der Waals surface area contributed by atoms with Crippen LogP contribution in [0.5, 0.6) is 0 Å². The summed E-state index contributed by atoms with van der Waals surface area (Å²) in [4.78, 5) is 8.05. The fraction of sp³-hybridized carbons (Fsp3) is 0. The van der Waals surface area contributed by atoms with Gasteiger partial charge in [-0.25, -0.2) is 0 Å². The molecule has 0 aliphatic heterocycles. The van der Waals surface area contributed by atoms with Crippen molar-refractivity contribution in [3.05, 3.63) is 60.2 Å². The van der Waals surface area contributed by atoms with E-state index in [-0.39, 0.29) is 0 Å². The molecule has 0 atom stereocenters. The zero-order chi connectivity index (χ0) is 11.1. The Balaban J connectivity index is 1.98. The summed E-state index contributed by atoms with van der Waals surface area (Å²) in [7, 11) is 0. The van der Waals surface area contributed by atoms with Gasteiger partial charge in [0.2, 0.25) is 0 Å². The molecule has 0 saturated carbocycles. The lowest BCUT2D eigenvalue weighted by atomic mass is 10.3.